The van der Waals surface area contributed by atoms with E-state index in [1.807, 2.05) is 54.5 Å². The van der Waals surface area contributed by atoms with Crippen molar-refractivity contribution < 1.29 is 4.42 Å². The minimum absolute atomic E-state index is 0.219. The van der Waals surface area contributed by atoms with E-state index in [0.29, 0.717) is 5.56 Å². The van der Waals surface area contributed by atoms with Crippen LogP contribution in [0.3, 0.4) is 0 Å². The average molecular weight is 375 g/mol. The summed E-state index contributed by atoms with van der Waals surface area (Å²) in [5.41, 5.74) is 5.98. The molecule has 0 aliphatic rings. The Morgan fingerprint density at radius 3 is 1.52 bits per heavy atom. The van der Waals surface area contributed by atoms with Crippen LogP contribution in [0.2, 0.25) is 0 Å². The van der Waals surface area contributed by atoms with Gasteiger partial charge < -0.3 is 4.42 Å². The second-order valence-electron chi connectivity index (χ2n) is 6.29. The number of benzene rings is 1. The quantitative estimate of drug-likeness (QED) is 0.545. The monoisotopic (exact) mass is 374 g/mol. The molecule has 1 aromatic carbocycles. The topological polar surface area (TPSA) is 30.2 Å². The SMILES string of the molecule is CC.CC.CCC.CCCc1cc(C)c(-c2c(C)cc(C)cc2C)c(=O)o1. The highest BCUT2D eigenvalue weighted by atomic mass is 16.4. The molecule has 2 aromatic rings. The molecule has 0 saturated heterocycles. The summed E-state index contributed by atoms with van der Waals surface area (Å²) in [5, 5.41) is 0. The van der Waals surface area contributed by atoms with Gasteiger partial charge in [0.15, 0.2) is 0 Å². The zero-order valence-electron chi connectivity index (χ0n) is 19.7. The molecule has 0 amide bonds. The van der Waals surface area contributed by atoms with E-state index in [1.165, 1.54) is 12.0 Å². The van der Waals surface area contributed by atoms with Gasteiger partial charge >= 0.3 is 5.63 Å². The first kappa shape index (κ1) is 27.4. The maximum Gasteiger partial charge on any atom is 0.344 e. The summed E-state index contributed by atoms with van der Waals surface area (Å²) in [6.45, 7) is 22.5. The van der Waals surface area contributed by atoms with Crippen LogP contribution >= 0.6 is 0 Å². The van der Waals surface area contributed by atoms with Crippen molar-refractivity contribution in [1.29, 1.82) is 0 Å². The van der Waals surface area contributed by atoms with Crippen molar-refractivity contribution in [3.8, 4) is 11.1 Å². The number of aryl methyl sites for hydroxylation is 5. The largest absolute Gasteiger partial charge is 0.427 e. The van der Waals surface area contributed by atoms with E-state index >= 15 is 0 Å². The summed E-state index contributed by atoms with van der Waals surface area (Å²) in [5.74, 6) is 0.779. The highest BCUT2D eigenvalue weighted by Crippen LogP contribution is 2.29. The van der Waals surface area contributed by atoms with Gasteiger partial charge in [-0.1, -0.05) is 72.6 Å². The smallest absolute Gasteiger partial charge is 0.344 e. The Morgan fingerprint density at radius 2 is 1.15 bits per heavy atom. The van der Waals surface area contributed by atoms with Crippen LogP contribution in [0.15, 0.2) is 27.4 Å². The standard InChI is InChI=1S/C18H22O2.C3H8.2C2H6/c1-6-7-15-10-14(5)17(18(19)20-15)16-12(3)8-11(2)9-13(16)4;1-3-2;2*1-2/h8-10H,6-7H2,1-5H3;3H2,1-2H3;2*1-2H3. The fourth-order valence-corrected chi connectivity index (χ4v) is 2.92. The van der Waals surface area contributed by atoms with Crippen LogP contribution in [0.4, 0.5) is 0 Å². The minimum Gasteiger partial charge on any atom is -0.427 e. The maximum atomic E-state index is 12.4. The molecule has 0 saturated carbocycles. The summed E-state index contributed by atoms with van der Waals surface area (Å²) in [6.07, 6.45) is 3.03. The van der Waals surface area contributed by atoms with E-state index in [2.05, 4.69) is 39.8 Å². The molecule has 27 heavy (non-hydrogen) atoms. The molecule has 0 aliphatic carbocycles. The fraction of sp³-hybridized carbons (Fsp3) is 0.560. The van der Waals surface area contributed by atoms with E-state index < -0.39 is 0 Å². The summed E-state index contributed by atoms with van der Waals surface area (Å²) < 4.78 is 5.47. The predicted molar refractivity (Wildman–Crippen MR) is 122 cm³/mol. The van der Waals surface area contributed by atoms with Crippen molar-refractivity contribution in [1.82, 2.24) is 0 Å². The lowest BCUT2D eigenvalue weighted by Gasteiger charge is -2.13. The molecule has 154 valence electrons. The zero-order chi connectivity index (χ0) is 21.6. The third-order valence-electron chi connectivity index (χ3n) is 3.62. The van der Waals surface area contributed by atoms with Crippen molar-refractivity contribution >= 4 is 0 Å². The Kier molecular flexibility index (Phi) is 15.5. The molecule has 1 aromatic heterocycles. The first-order chi connectivity index (χ1) is 12.8. The van der Waals surface area contributed by atoms with Gasteiger partial charge in [0.05, 0.1) is 5.56 Å². The molecule has 0 spiro atoms. The molecule has 2 rings (SSSR count). The second kappa shape index (κ2) is 15.2. The predicted octanol–water partition coefficient (Wildman–Crippen LogP) is 7.96. The second-order valence-corrected chi connectivity index (χ2v) is 6.29. The van der Waals surface area contributed by atoms with Crippen LogP contribution in [0.5, 0.6) is 0 Å². The molecule has 1 heterocycles. The van der Waals surface area contributed by atoms with Crippen LogP contribution in [0, 0.1) is 27.7 Å². The summed E-state index contributed by atoms with van der Waals surface area (Å²) in [7, 11) is 0. The highest BCUT2D eigenvalue weighted by molar-refractivity contribution is 5.73. The molecular formula is C25H42O2. The first-order valence-electron chi connectivity index (χ1n) is 10.6. The Hall–Kier alpha value is -1.83. The van der Waals surface area contributed by atoms with E-state index in [-0.39, 0.29) is 5.63 Å². The van der Waals surface area contributed by atoms with E-state index in [0.717, 1.165) is 40.9 Å². The lowest BCUT2D eigenvalue weighted by molar-refractivity contribution is 0.457. The van der Waals surface area contributed by atoms with Crippen molar-refractivity contribution in [2.24, 2.45) is 0 Å². The molecule has 0 unspecified atom stereocenters. The Labute approximate surface area is 168 Å². The third-order valence-corrected chi connectivity index (χ3v) is 3.62. The van der Waals surface area contributed by atoms with Gasteiger partial charge in [-0.15, -0.1) is 0 Å². The van der Waals surface area contributed by atoms with Gasteiger partial charge in [0.25, 0.3) is 0 Å². The van der Waals surface area contributed by atoms with E-state index in [4.69, 9.17) is 4.42 Å². The molecule has 2 nitrogen and oxygen atoms in total. The Bertz CT molecular complexity index is 686. The van der Waals surface area contributed by atoms with Crippen molar-refractivity contribution in [3.05, 3.63) is 56.6 Å². The summed E-state index contributed by atoms with van der Waals surface area (Å²) in [6, 6.07) is 6.22. The molecule has 0 atom stereocenters. The molecule has 0 bridgehead atoms. The van der Waals surface area contributed by atoms with Crippen molar-refractivity contribution in [2.45, 2.75) is 95.4 Å². The lowest BCUT2D eigenvalue weighted by atomic mass is 9.92. The Morgan fingerprint density at radius 1 is 0.741 bits per heavy atom. The van der Waals surface area contributed by atoms with E-state index in [1.54, 1.807) is 0 Å². The van der Waals surface area contributed by atoms with Crippen LogP contribution in [0.1, 0.15) is 89.3 Å². The molecule has 2 heteroatoms. The molecule has 0 aliphatic heterocycles. The summed E-state index contributed by atoms with van der Waals surface area (Å²) in [4.78, 5) is 12.4. The van der Waals surface area contributed by atoms with Crippen LogP contribution in [0.25, 0.3) is 11.1 Å². The van der Waals surface area contributed by atoms with Crippen LogP contribution in [-0.2, 0) is 6.42 Å². The maximum absolute atomic E-state index is 12.4. The summed E-state index contributed by atoms with van der Waals surface area (Å²) >= 11 is 0. The average Bonchev–Trinajstić information content (AvgIpc) is 2.61. The highest BCUT2D eigenvalue weighted by Gasteiger charge is 2.15. The van der Waals surface area contributed by atoms with Gasteiger partial charge in [-0.25, -0.2) is 4.79 Å². The number of rotatable bonds is 3. The van der Waals surface area contributed by atoms with Crippen LogP contribution < -0.4 is 5.63 Å². The van der Waals surface area contributed by atoms with Crippen molar-refractivity contribution in [2.75, 3.05) is 0 Å². The number of hydrogen-bond donors (Lipinski definition) is 0. The third kappa shape index (κ3) is 8.60. The van der Waals surface area contributed by atoms with E-state index in [9.17, 15) is 4.79 Å². The van der Waals surface area contributed by atoms with Gasteiger partial charge in [-0.05, 0) is 62.4 Å². The molecule has 0 radical (unpaired) electrons. The van der Waals surface area contributed by atoms with Gasteiger partial charge in [-0.3, -0.25) is 0 Å². The van der Waals surface area contributed by atoms with Gasteiger partial charge in [0, 0.05) is 6.42 Å². The molecule has 0 fully saturated rings. The fourth-order valence-electron chi connectivity index (χ4n) is 2.92. The Balaban J connectivity index is 0. The molecular weight excluding hydrogens is 332 g/mol. The number of hydrogen-bond acceptors (Lipinski definition) is 2. The normalized spacial score (nSPS) is 9.15. The van der Waals surface area contributed by atoms with Gasteiger partial charge in [0.2, 0.25) is 0 Å². The molecule has 0 N–H and O–H groups in total. The lowest BCUT2D eigenvalue weighted by Crippen LogP contribution is -2.09. The van der Waals surface area contributed by atoms with Gasteiger partial charge in [0.1, 0.15) is 5.76 Å². The minimum atomic E-state index is -0.219. The van der Waals surface area contributed by atoms with Crippen molar-refractivity contribution in [3.63, 3.8) is 0 Å². The van der Waals surface area contributed by atoms with Crippen LogP contribution in [-0.4, -0.2) is 0 Å². The zero-order valence-corrected chi connectivity index (χ0v) is 19.7. The first-order valence-corrected chi connectivity index (χ1v) is 10.6. The van der Waals surface area contributed by atoms with Gasteiger partial charge in [-0.2, -0.15) is 0 Å².